The number of alkyl halides is 3. The van der Waals surface area contributed by atoms with Crippen LogP contribution in [-0.2, 0) is 6.42 Å². The maximum Gasteiger partial charge on any atom is 0.408 e. The molecule has 162 valence electrons. The Hall–Kier alpha value is -3.35. The van der Waals surface area contributed by atoms with E-state index in [0.29, 0.717) is 16.9 Å². The van der Waals surface area contributed by atoms with Gasteiger partial charge in [0.2, 0.25) is 0 Å². The van der Waals surface area contributed by atoms with Gasteiger partial charge in [-0.3, -0.25) is 0 Å². The van der Waals surface area contributed by atoms with Gasteiger partial charge in [0.1, 0.15) is 18.0 Å². The van der Waals surface area contributed by atoms with Gasteiger partial charge in [0.15, 0.2) is 0 Å². The minimum absolute atomic E-state index is 0.133. The minimum atomic E-state index is -4.36. The third kappa shape index (κ3) is 5.63. The second kappa shape index (κ2) is 9.64. The summed E-state index contributed by atoms with van der Waals surface area (Å²) in [7, 11) is 0. The van der Waals surface area contributed by atoms with Crippen molar-refractivity contribution in [2.45, 2.75) is 39.4 Å². The summed E-state index contributed by atoms with van der Waals surface area (Å²) in [6, 6.07) is 14.2. The molecular weight excluding hydrogens is 401 g/mol. The van der Waals surface area contributed by atoms with Crippen LogP contribution in [0.2, 0.25) is 0 Å². The van der Waals surface area contributed by atoms with Crippen molar-refractivity contribution in [3.05, 3.63) is 78.2 Å². The van der Waals surface area contributed by atoms with Gasteiger partial charge < -0.3 is 10.3 Å². The summed E-state index contributed by atoms with van der Waals surface area (Å²) in [5.41, 5.74) is 4.48. The lowest BCUT2D eigenvalue weighted by Gasteiger charge is -2.23. The largest absolute Gasteiger partial charge is 0.408 e. The molecule has 0 amide bonds. The first-order chi connectivity index (χ1) is 14.9. The van der Waals surface area contributed by atoms with Gasteiger partial charge in [0.25, 0.3) is 0 Å². The Kier molecular flexibility index (Phi) is 6.95. The molecule has 7 heteroatoms. The number of halogens is 3. The van der Waals surface area contributed by atoms with Gasteiger partial charge in [0.05, 0.1) is 0 Å². The highest BCUT2D eigenvalue weighted by molar-refractivity contribution is 5.82. The highest BCUT2D eigenvalue weighted by Crippen LogP contribution is 2.28. The van der Waals surface area contributed by atoms with E-state index in [1.165, 1.54) is 6.33 Å². The molecule has 0 radical (unpaired) electrons. The lowest BCUT2D eigenvalue weighted by Crippen LogP contribution is -2.38. The molecule has 0 spiro atoms. The van der Waals surface area contributed by atoms with E-state index in [-0.39, 0.29) is 6.42 Å². The molecular formula is C24H25F3N4. The molecule has 0 saturated carbocycles. The monoisotopic (exact) mass is 426 g/mol. The second-order valence-electron chi connectivity index (χ2n) is 7.02. The van der Waals surface area contributed by atoms with Gasteiger partial charge >= 0.3 is 6.18 Å². The van der Waals surface area contributed by atoms with Crippen molar-refractivity contribution in [1.82, 2.24) is 15.0 Å². The Balaban J connectivity index is 0.00000132. The van der Waals surface area contributed by atoms with Crippen LogP contribution in [0.15, 0.2) is 67.1 Å². The van der Waals surface area contributed by atoms with E-state index >= 15 is 0 Å². The summed E-state index contributed by atoms with van der Waals surface area (Å²) in [5.74, 6) is 0. The van der Waals surface area contributed by atoms with Crippen LogP contribution in [0.3, 0.4) is 0 Å². The first-order valence-corrected chi connectivity index (χ1v) is 10.2. The number of aryl methyl sites for hydroxylation is 1. The third-order valence-corrected chi connectivity index (χ3v) is 4.79. The van der Waals surface area contributed by atoms with Crippen LogP contribution in [0.1, 0.15) is 25.0 Å². The second-order valence-corrected chi connectivity index (χ2v) is 7.02. The standard InChI is InChI=1S/C22H19F3N4.C2H6/c1-14-2-4-15(5-3-14)10-20(22(23,24)25)28-18-8-6-16(7-9-18)19-11-17-12-26-13-27-21(17)29-19;1-2/h2-9,11-13,20,28H,10H2,1H3,(H,26,27,29);1-2H3. The number of aromatic nitrogens is 3. The Morgan fingerprint density at radius 3 is 2.29 bits per heavy atom. The fourth-order valence-corrected chi connectivity index (χ4v) is 3.18. The maximum atomic E-state index is 13.6. The molecule has 4 rings (SSSR count). The zero-order chi connectivity index (χ0) is 22.4. The predicted octanol–water partition coefficient (Wildman–Crippen LogP) is 6.55. The maximum absolute atomic E-state index is 13.6. The molecule has 2 N–H and O–H groups in total. The summed E-state index contributed by atoms with van der Waals surface area (Å²) < 4.78 is 40.7. The Bertz CT molecular complexity index is 1070. The molecule has 2 heterocycles. The van der Waals surface area contributed by atoms with Gasteiger partial charge in [-0.05, 0) is 36.2 Å². The number of nitrogens with zero attached hydrogens (tertiary/aromatic N) is 2. The SMILES string of the molecule is CC.Cc1ccc(CC(Nc2ccc(-c3cc4cncnc4[nH]3)cc2)C(F)(F)F)cc1. The van der Waals surface area contributed by atoms with E-state index in [1.807, 2.05) is 39.0 Å². The molecule has 0 bridgehead atoms. The Morgan fingerprint density at radius 2 is 1.68 bits per heavy atom. The van der Waals surface area contributed by atoms with Gasteiger partial charge in [-0.25, -0.2) is 9.97 Å². The first-order valence-electron chi connectivity index (χ1n) is 10.2. The molecule has 4 aromatic rings. The van der Waals surface area contributed by atoms with Crippen molar-refractivity contribution >= 4 is 16.7 Å². The molecule has 0 aliphatic heterocycles. The van der Waals surface area contributed by atoms with Crippen LogP contribution in [0.5, 0.6) is 0 Å². The summed E-state index contributed by atoms with van der Waals surface area (Å²) in [6.07, 6.45) is -1.33. The number of benzene rings is 2. The molecule has 2 aromatic carbocycles. The fourth-order valence-electron chi connectivity index (χ4n) is 3.18. The number of anilines is 1. The van der Waals surface area contributed by atoms with Crippen molar-refractivity contribution in [1.29, 1.82) is 0 Å². The molecule has 1 atom stereocenters. The minimum Gasteiger partial charge on any atom is -0.374 e. The van der Waals surface area contributed by atoms with Crippen LogP contribution in [-0.4, -0.2) is 27.2 Å². The fraction of sp³-hybridized carbons (Fsp3) is 0.250. The molecule has 31 heavy (non-hydrogen) atoms. The van der Waals surface area contributed by atoms with Crippen LogP contribution in [0.4, 0.5) is 18.9 Å². The molecule has 2 aromatic heterocycles. The van der Waals surface area contributed by atoms with Crippen molar-refractivity contribution in [3.8, 4) is 11.3 Å². The van der Waals surface area contributed by atoms with Crippen molar-refractivity contribution < 1.29 is 13.2 Å². The smallest absolute Gasteiger partial charge is 0.374 e. The van der Waals surface area contributed by atoms with Crippen LogP contribution in [0, 0.1) is 6.92 Å². The van der Waals surface area contributed by atoms with Crippen LogP contribution >= 0.6 is 0 Å². The average Bonchev–Trinajstić information content (AvgIpc) is 3.20. The van der Waals surface area contributed by atoms with Crippen molar-refractivity contribution in [3.63, 3.8) is 0 Å². The van der Waals surface area contributed by atoms with E-state index in [0.717, 1.165) is 22.2 Å². The number of nitrogens with one attached hydrogen (secondary N) is 2. The summed E-state index contributed by atoms with van der Waals surface area (Å²) in [6.45, 7) is 5.91. The van der Waals surface area contributed by atoms with Crippen LogP contribution in [0.25, 0.3) is 22.3 Å². The zero-order valence-electron chi connectivity index (χ0n) is 17.7. The van der Waals surface area contributed by atoms with Gasteiger partial charge in [0, 0.05) is 29.4 Å². The lowest BCUT2D eigenvalue weighted by molar-refractivity contribution is -0.142. The van der Waals surface area contributed by atoms with E-state index < -0.39 is 12.2 Å². The van der Waals surface area contributed by atoms with E-state index in [4.69, 9.17) is 0 Å². The summed E-state index contributed by atoms with van der Waals surface area (Å²) >= 11 is 0. The predicted molar refractivity (Wildman–Crippen MR) is 119 cm³/mol. The van der Waals surface area contributed by atoms with E-state index in [2.05, 4.69) is 20.3 Å². The number of aromatic amines is 1. The third-order valence-electron chi connectivity index (χ3n) is 4.79. The molecule has 4 nitrogen and oxygen atoms in total. The van der Waals surface area contributed by atoms with Gasteiger partial charge in [-0.2, -0.15) is 13.2 Å². The quantitative estimate of drug-likeness (QED) is 0.381. The first kappa shape index (κ1) is 22.3. The number of hydrogen-bond acceptors (Lipinski definition) is 3. The molecule has 1 unspecified atom stereocenters. The number of hydrogen-bond donors (Lipinski definition) is 2. The Morgan fingerprint density at radius 1 is 1.00 bits per heavy atom. The van der Waals surface area contributed by atoms with Gasteiger partial charge in [-0.15, -0.1) is 0 Å². The molecule has 0 aliphatic carbocycles. The van der Waals surface area contributed by atoms with Crippen molar-refractivity contribution in [2.24, 2.45) is 0 Å². The number of H-pyrrole nitrogens is 1. The highest BCUT2D eigenvalue weighted by Gasteiger charge is 2.39. The van der Waals surface area contributed by atoms with Gasteiger partial charge in [-0.1, -0.05) is 55.8 Å². The van der Waals surface area contributed by atoms with Crippen molar-refractivity contribution in [2.75, 3.05) is 5.32 Å². The average molecular weight is 426 g/mol. The molecule has 0 fully saturated rings. The topological polar surface area (TPSA) is 53.6 Å². The summed E-state index contributed by atoms with van der Waals surface area (Å²) in [4.78, 5) is 11.3. The van der Waals surface area contributed by atoms with Crippen LogP contribution < -0.4 is 5.32 Å². The molecule has 0 aliphatic rings. The number of fused-ring (bicyclic) bond motifs is 1. The normalized spacial score (nSPS) is 12.2. The number of rotatable bonds is 5. The lowest BCUT2D eigenvalue weighted by atomic mass is 10.0. The molecule has 0 saturated heterocycles. The zero-order valence-corrected chi connectivity index (χ0v) is 17.7. The Labute approximate surface area is 179 Å². The van der Waals surface area contributed by atoms with E-state index in [9.17, 15) is 13.2 Å². The summed E-state index contributed by atoms with van der Waals surface area (Å²) in [5, 5.41) is 3.50. The highest BCUT2D eigenvalue weighted by atomic mass is 19.4. The van der Waals surface area contributed by atoms with E-state index in [1.54, 1.807) is 42.6 Å².